The summed E-state index contributed by atoms with van der Waals surface area (Å²) in [5, 5.41) is 7.83. The second-order valence-electron chi connectivity index (χ2n) is 2.29. The number of thioether (sulfide) groups is 1. The zero-order valence-electron chi connectivity index (χ0n) is 7.68. The van der Waals surface area contributed by atoms with E-state index in [2.05, 4.69) is 14.9 Å². The molecule has 14 heavy (non-hydrogen) atoms. The molecule has 0 aliphatic rings. The largest absolute Gasteiger partial charge is 0.463 e. The van der Waals surface area contributed by atoms with Crippen molar-refractivity contribution in [2.75, 3.05) is 12.9 Å². The lowest BCUT2D eigenvalue weighted by Crippen LogP contribution is -2.09. The zero-order chi connectivity index (χ0) is 10.6. The lowest BCUT2D eigenvalue weighted by molar-refractivity contribution is 0.0581. The Bertz CT molecular complexity index is 350. The van der Waals surface area contributed by atoms with Crippen molar-refractivity contribution in [1.82, 2.24) is 14.8 Å². The summed E-state index contributed by atoms with van der Waals surface area (Å²) in [5.41, 5.74) is 0. The Kier molecular flexibility index (Phi) is 3.63. The molecule has 0 spiro atoms. The van der Waals surface area contributed by atoms with Crippen LogP contribution in [-0.2, 0) is 16.6 Å². The first-order valence-electron chi connectivity index (χ1n) is 3.66. The molecule has 0 saturated carbocycles. The lowest BCUT2D eigenvalue weighted by Gasteiger charge is -1.99. The summed E-state index contributed by atoms with van der Waals surface area (Å²) in [6.07, 6.45) is 1.71. The van der Waals surface area contributed by atoms with Crippen molar-refractivity contribution in [3.05, 3.63) is 5.82 Å². The molecular formula is C7H8N3O3S. The third-order valence-electron chi connectivity index (χ3n) is 1.46. The van der Waals surface area contributed by atoms with Crippen molar-refractivity contribution in [2.24, 2.45) is 7.05 Å². The summed E-state index contributed by atoms with van der Waals surface area (Å²) in [4.78, 5) is 21.1. The average Bonchev–Trinajstić information content (AvgIpc) is 2.56. The van der Waals surface area contributed by atoms with E-state index in [-0.39, 0.29) is 11.6 Å². The maximum Gasteiger partial charge on any atom is 0.376 e. The van der Waals surface area contributed by atoms with Gasteiger partial charge < -0.3 is 4.74 Å². The molecule has 1 radical (unpaired) electrons. The molecular weight excluding hydrogens is 206 g/mol. The quantitative estimate of drug-likeness (QED) is 0.510. The molecule has 0 aliphatic carbocycles. The average molecular weight is 214 g/mol. The Morgan fingerprint density at radius 2 is 2.36 bits per heavy atom. The van der Waals surface area contributed by atoms with Crippen LogP contribution in [0.5, 0.6) is 0 Å². The summed E-state index contributed by atoms with van der Waals surface area (Å²) in [6, 6.07) is 0. The van der Waals surface area contributed by atoms with E-state index >= 15 is 0 Å². The Balaban J connectivity index is 2.84. The second-order valence-corrected chi connectivity index (χ2v) is 3.23. The summed E-state index contributed by atoms with van der Waals surface area (Å²) in [7, 11) is 2.89. The number of nitrogens with zero attached hydrogens (tertiary/aromatic N) is 3. The first-order valence-corrected chi connectivity index (χ1v) is 4.64. The van der Waals surface area contributed by atoms with E-state index in [0.29, 0.717) is 5.16 Å². The van der Waals surface area contributed by atoms with Crippen LogP contribution in [0, 0.1) is 0 Å². The van der Waals surface area contributed by atoms with Crippen molar-refractivity contribution < 1.29 is 14.3 Å². The van der Waals surface area contributed by atoms with Crippen LogP contribution in [-0.4, -0.2) is 39.9 Å². The van der Waals surface area contributed by atoms with Crippen LogP contribution in [0.3, 0.4) is 0 Å². The SMILES string of the molecule is COC(=O)c1nnc(SC[C]=O)n1C. The number of carbonyl (C=O) groups excluding carboxylic acids is 2. The molecule has 0 amide bonds. The van der Waals surface area contributed by atoms with Gasteiger partial charge in [0.1, 0.15) is 0 Å². The fraction of sp³-hybridized carbons (Fsp3) is 0.429. The normalized spacial score (nSPS) is 9.86. The smallest absolute Gasteiger partial charge is 0.376 e. The van der Waals surface area contributed by atoms with Crippen LogP contribution in [0.1, 0.15) is 10.6 Å². The number of methoxy groups -OCH3 is 1. The molecule has 7 heteroatoms. The van der Waals surface area contributed by atoms with E-state index in [1.165, 1.54) is 11.7 Å². The van der Waals surface area contributed by atoms with Gasteiger partial charge in [-0.1, -0.05) is 11.8 Å². The highest BCUT2D eigenvalue weighted by Crippen LogP contribution is 2.14. The van der Waals surface area contributed by atoms with Gasteiger partial charge in [0.25, 0.3) is 0 Å². The number of aromatic nitrogens is 3. The van der Waals surface area contributed by atoms with Crippen LogP contribution < -0.4 is 0 Å². The molecule has 0 fully saturated rings. The van der Waals surface area contributed by atoms with Gasteiger partial charge in [0.15, 0.2) is 5.16 Å². The van der Waals surface area contributed by atoms with E-state index in [9.17, 15) is 9.59 Å². The van der Waals surface area contributed by atoms with Crippen molar-refractivity contribution in [1.29, 1.82) is 0 Å². The van der Waals surface area contributed by atoms with Gasteiger partial charge in [-0.2, -0.15) is 0 Å². The minimum Gasteiger partial charge on any atom is -0.463 e. The Hall–Kier alpha value is -1.37. The molecule has 75 valence electrons. The van der Waals surface area contributed by atoms with Crippen LogP contribution in [0.2, 0.25) is 0 Å². The maximum atomic E-state index is 11.1. The summed E-state index contributed by atoms with van der Waals surface area (Å²) in [6.45, 7) is 0. The molecule has 6 nitrogen and oxygen atoms in total. The topological polar surface area (TPSA) is 74.1 Å². The Morgan fingerprint density at radius 1 is 1.64 bits per heavy atom. The zero-order valence-corrected chi connectivity index (χ0v) is 8.50. The predicted octanol–water partition coefficient (Wildman–Crippen LogP) is -0.197. The van der Waals surface area contributed by atoms with Crippen LogP contribution in [0.15, 0.2) is 5.16 Å². The fourth-order valence-electron chi connectivity index (χ4n) is 0.804. The Morgan fingerprint density at radius 3 is 2.93 bits per heavy atom. The number of hydrogen-bond donors (Lipinski definition) is 0. The lowest BCUT2D eigenvalue weighted by atomic mass is 10.6. The first kappa shape index (κ1) is 10.7. The molecule has 0 N–H and O–H groups in total. The van der Waals surface area contributed by atoms with Gasteiger partial charge in [-0.05, 0) is 0 Å². The maximum absolute atomic E-state index is 11.1. The van der Waals surface area contributed by atoms with Gasteiger partial charge in [0.2, 0.25) is 12.1 Å². The van der Waals surface area contributed by atoms with Crippen molar-refractivity contribution in [2.45, 2.75) is 5.16 Å². The fourth-order valence-corrected chi connectivity index (χ4v) is 1.37. The van der Waals surface area contributed by atoms with E-state index in [0.717, 1.165) is 11.8 Å². The summed E-state index contributed by atoms with van der Waals surface area (Å²) < 4.78 is 5.95. The molecule has 1 rings (SSSR count). The molecule has 1 heterocycles. The Labute approximate surface area is 84.6 Å². The molecule has 0 aliphatic heterocycles. The number of ether oxygens (including phenoxy) is 1. The van der Waals surface area contributed by atoms with E-state index < -0.39 is 5.97 Å². The highest BCUT2D eigenvalue weighted by atomic mass is 32.2. The molecule has 1 aromatic rings. The monoisotopic (exact) mass is 214 g/mol. The molecule has 0 bridgehead atoms. The third-order valence-corrected chi connectivity index (χ3v) is 2.34. The van der Waals surface area contributed by atoms with E-state index in [4.69, 9.17) is 0 Å². The second kappa shape index (κ2) is 4.75. The number of carbonyl (C=O) groups is 1. The van der Waals surface area contributed by atoms with Gasteiger partial charge in [-0.25, -0.2) is 4.79 Å². The predicted molar refractivity (Wildman–Crippen MR) is 48.8 cm³/mol. The van der Waals surface area contributed by atoms with Crippen LogP contribution >= 0.6 is 11.8 Å². The minimum atomic E-state index is -0.554. The number of rotatable bonds is 4. The number of hydrogen-bond acceptors (Lipinski definition) is 6. The molecule has 0 aromatic carbocycles. The highest BCUT2D eigenvalue weighted by Gasteiger charge is 2.16. The van der Waals surface area contributed by atoms with Gasteiger partial charge in [0, 0.05) is 7.05 Å². The summed E-state index contributed by atoms with van der Waals surface area (Å²) in [5.74, 6) is -0.282. The third kappa shape index (κ3) is 2.11. The molecule has 0 unspecified atom stereocenters. The van der Waals surface area contributed by atoms with Crippen molar-refractivity contribution in [3.8, 4) is 0 Å². The minimum absolute atomic E-state index is 0.112. The summed E-state index contributed by atoms with van der Waals surface area (Å²) >= 11 is 1.15. The van der Waals surface area contributed by atoms with Crippen LogP contribution in [0.4, 0.5) is 0 Å². The molecule has 0 saturated heterocycles. The number of esters is 1. The highest BCUT2D eigenvalue weighted by molar-refractivity contribution is 7.99. The molecule has 0 atom stereocenters. The van der Waals surface area contributed by atoms with E-state index in [1.54, 1.807) is 13.3 Å². The van der Waals surface area contributed by atoms with Crippen molar-refractivity contribution in [3.63, 3.8) is 0 Å². The van der Waals surface area contributed by atoms with Crippen molar-refractivity contribution >= 4 is 24.0 Å². The van der Waals surface area contributed by atoms with E-state index in [1.807, 2.05) is 0 Å². The van der Waals surface area contributed by atoms with Crippen LogP contribution in [0.25, 0.3) is 0 Å². The first-order chi connectivity index (χ1) is 6.70. The van der Waals surface area contributed by atoms with Gasteiger partial charge in [-0.3, -0.25) is 9.36 Å². The van der Waals surface area contributed by atoms with Gasteiger partial charge >= 0.3 is 5.97 Å². The standard InChI is InChI=1S/C7H8N3O3S/c1-10-5(6(12)13-2)8-9-7(10)14-4-3-11/h4H2,1-2H3. The van der Waals surface area contributed by atoms with Gasteiger partial charge in [0.05, 0.1) is 12.9 Å². The van der Waals surface area contributed by atoms with Gasteiger partial charge in [-0.15, -0.1) is 10.2 Å². The molecule has 1 aromatic heterocycles.